The van der Waals surface area contributed by atoms with Crippen molar-refractivity contribution in [3.05, 3.63) is 53.1 Å². The number of benzene rings is 1. The van der Waals surface area contributed by atoms with E-state index in [9.17, 15) is 9.18 Å². The molecule has 5 nitrogen and oxygen atoms in total. The SMILES string of the molecule is CCNCCN(Cc1ccccc1F)C(=O)c1cc(C)n[nH]1. The average Bonchev–Trinajstić information content (AvgIpc) is 2.94. The van der Waals surface area contributed by atoms with E-state index in [2.05, 4.69) is 15.5 Å². The normalized spacial score (nSPS) is 10.7. The first kappa shape index (κ1) is 16.2. The second-order valence-corrected chi connectivity index (χ2v) is 5.09. The molecule has 2 rings (SSSR count). The molecule has 2 N–H and O–H groups in total. The van der Waals surface area contributed by atoms with Gasteiger partial charge in [0, 0.05) is 25.2 Å². The molecule has 0 fully saturated rings. The van der Waals surface area contributed by atoms with E-state index in [-0.39, 0.29) is 18.3 Å². The summed E-state index contributed by atoms with van der Waals surface area (Å²) in [5, 5.41) is 9.88. The minimum atomic E-state index is -0.301. The highest BCUT2D eigenvalue weighted by atomic mass is 19.1. The van der Waals surface area contributed by atoms with Crippen molar-refractivity contribution in [3.63, 3.8) is 0 Å². The van der Waals surface area contributed by atoms with Gasteiger partial charge in [0.05, 0.1) is 5.69 Å². The lowest BCUT2D eigenvalue weighted by atomic mass is 10.2. The molecule has 118 valence electrons. The molecule has 0 unspecified atom stereocenters. The van der Waals surface area contributed by atoms with E-state index in [1.165, 1.54) is 6.07 Å². The van der Waals surface area contributed by atoms with Crippen LogP contribution in [0.4, 0.5) is 4.39 Å². The molecule has 22 heavy (non-hydrogen) atoms. The molecule has 6 heteroatoms. The van der Waals surface area contributed by atoms with Gasteiger partial charge in [-0.1, -0.05) is 25.1 Å². The van der Waals surface area contributed by atoms with Crippen molar-refractivity contribution >= 4 is 5.91 Å². The highest BCUT2D eigenvalue weighted by Gasteiger charge is 2.19. The molecule has 0 spiro atoms. The maximum Gasteiger partial charge on any atom is 0.272 e. The topological polar surface area (TPSA) is 61.0 Å². The van der Waals surface area contributed by atoms with E-state index in [4.69, 9.17) is 0 Å². The fraction of sp³-hybridized carbons (Fsp3) is 0.375. The number of likely N-dealkylation sites (N-methyl/N-ethyl adjacent to an activating group) is 1. The van der Waals surface area contributed by atoms with Crippen molar-refractivity contribution in [2.45, 2.75) is 20.4 Å². The van der Waals surface area contributed by atoms with Gasteiger partial charge in [-0.3, -0.25) is 9.89 Å². The first-order chi connectivity index (χ1) is 10.6. The number of halogens is 1. The zero-order valence-electron chi connectivity index (χ0n) is 12.9. The maximum absolute atomic E-state index is 13.8. The Kier molecular flexibility index (Phi) is 5.66. The highest BCUT2D eigenvalue weighted by molar-refractivity contribution is 5.92. The number of nitrogens with one attached hydrogen (secondary N) is 2. The standard InChI is InChI=1S/C16H21FN4O/c1-3-18-8-9-21(11-13-6-4-5-7-14(13)17)16(22)15-10-12(2)19-20-15/h4-7,10,18H,3,8-9,11H2,1-2H3,(H,19,20). The predicted molar refractivity (Wildman–Crippen MR) is 83.0 cm³/mol. The summed E-state index contributed by atoms with van der Waals surface area (Å²) in [4.78, 5) is 14.2. The van der Waals surface area contributed by atoms with Gasteiger partial charge in [0.25, 0.3) is 5.91 Å². The number of hydrogen-bond donors (Lipinski definition) is 2. The molecule has 0 bridgehead atoms. The Hall–Kier alpha value is -2.21. The van der Waals surface area contributed by atoms with E-state index < -0.39 is 0 Å². The fourth-order valence-electron chi connectivity index (χ4n) is 2.18. The highest BCUT2D eigenvalue weighted by Crippen LogP contribution is 2.12. The zero-order valence-corrected chi connectivity index (χ0v) is 12.9. The molecule has 0 atom stereocenters. The second-order valence-electron chi connectivity index (χ2n) is 5.09. The van der Waals surface area contributed by atoms with Crippen LogP contribution in [0.15, 0.2) is 30.3 Å². The summed E-state index contributed by atoms with van der Waals surface area (Å²) in [6, 6.07) is 8.21. The third-order valence-corrected chi connectivity index (χ3v) is 3.35. The number of amides is 1. The largest absolute Gasteiger partial charge is 0.332 e. The monoisotopic (exact) mass is 304 g/mol. The van der Waals surface area contributed by atoms with Gasteiger partial charge in [0.2, 0.25) is 0 Å². The number of aromatic amines is 1. The van der Waals surface area contributed by atoms with Crippen molar-refractivity contribution in [3.8, 4) is 0 Å². The van der Waals surface area contributed by atoms with E-state index in [0.717, 1.165) is 12.2 Å². The second kappa shape index (κ2) is 7.70. The van der Waals surface area contributed by atoms with E-state index in [0.29, 0.717) is 24.3 Å². The van der Waals surface area contributed by atoms with Crippen LogP contribution in [0, 0.1) is 12.7 Å². The first-order valence-corrected chi connectivity index (χ1v) is 7.37. The summed E-state index contributed by atoms with van der Waals surface area (Å²) in [5.74, 6) is -0.480. The van der Waals surface area contributed by atoms with Gasteiger partial charge in [-0.2, -0.15) is 5.10 Å². The lowest BCUT2D eigenvalue weighted by Crippen LogP contribution is -2.37. The molecule has 0 radical (unpaired) electrons. The number of hydrogen-bond acceptors (Lipinski definition) is 3. The quantitative estimate of drug-likeness (QED) is 0.770. The number of aryl methyl sites for hydroxylation is 1. The molecule has 0 aliphatic heterocycles. The van der Waals surface area contributed by atoms with Gasteiger partial charge >= 0.3 is 0 Å². The predicted octanol–water partition coefficient (Wildman–Crippen LogP) is 2.11. The Morgan fingerprint density at radius 1 is 1.41 bits per heavy atom. The number of carbonyl (C=O) groups excluding carboxylic acids is 1. The van der Waals surface area contributed by atoms with E-state index in [1.807, 2.05) is 13.8 Å². The summed E-state index contributed by atoms with van der Waals surface area (Å²) in [7, 11) is 0. The minimum absolute atomic E-state index is 0.179. The lowest BCUT2D eigenvalue weighted by Gasteiger charge is -2.22. The Labute approximate surface area is 129 Å². The Morgan fingerprint density at radius 2 is 2.18 bits per heavy atom. The van der Waals surface area contributed by atoms with E-state index in [1.54, 1.807) is 29.2 Å². The third kappa shape index (κ3) is 4.14. The van der Waals surface area contributed by atoms with Crippen LogP contribution in [-0.2, 0) is 6.54 Å². The van der Waals surface area contributed by atoms with Crippen LogP contribution in [0.25, 0.3) is 0 Å². The molecule has 1 aromatic carbocycles. The molecule has 0 saturated heterocycles. The smallest absolute Gasteiger partial charge is 0.272 e. The van der Waals surface area contributed by atoms with Gasteiger partial charge in [0.15, 0.2) is 0 Å². The number of rotatable bonds is 7. The summed E-state index contributed by atoms with van der Waals surface area (Å²) in [5.41, 5.74) is 1.68. The maximum atomic E-state index is 13.8. The molecular formula is C16H21FN4O. The van der Waals surface area contributed by atoms with Crippen molar-refractivity contribution < 1.29 is 9.18 Å². The number of aromatic nitrogens is 2. The molecule has 0 saturated carbocycles. The van der Waals surface area contributed by atoms with Crippen LogP contribution in [-0.4, -0.2) is 40.6 Å². The molecule has 1 amide bonds. The van der Waals surface area contributed by atoms with Crippen LogP contribution in [0.5, 0.6) is 0 Å². The summed E-state index contributed by atoms with van der Waals surface area (Å²) >= 11 is 0. The van der Waals surface area contributed by atoms with E-state index >= 15 is 0 Å². The molecular weight excluding hydrogens is 283 g/mol. The van der Waals surface area contributed by atoms with Gasteiger partial charge in [-0.15, -0.1) is 0 Å². The molecule has 0 aliphatic carbocycles. The minimum Gasteiger partial charge on any atom is -0.332 e. The Bertz CT molecular complexity index is 626. The van der Waals surface area contributed by atoms with Crippen molar-refractivity contribution in [1.29, 1.82) is 0 Å². The molecule has 2 aromatic rings. The molecule has 1 heterocycles. The van der Waals surface area contributed by atoms with Crippen molar-refractivity contribution in [2.24, 2.45) is 0 Å². The summed E-state index contributed by atoms with van der Waals surface area (Å²) in [6.45, 7) is 6.02. The summed E-state index contributed by atoms with van der Waals surface area (Å²) < 4.78 is 13.8. The third-order valence-electron chi connectivity index (χ3n) is 3.35. The molecule has 0 aliphatic rings. The van der Waals surface area contributed by atoms with Gasteiger partial charge in [0.1, 0.15) is 11.5 Å². The Balaban J connectivity index is 2.15. The number of carbonyl (C=O) groups is 1. The average molecular weight is 304 g/mol. The van der Waals surface area contributed by atoms with Crippen LogP contribution < -0.4 is 5.32 Å². The molecule has 1 aromatic heterocycles. The zero-order chi connectivity index (χ0) is 15.9. The number of H-pyrrole nitrogens is 1. The van der Waals surface area contributed by atoms with Gasteiger partial charge in [-0.25, -0.2) is 4.39 Å². The van der Waals surface area contributed by atoms with Crippen LogP contribution in [0.2, 0.25) is 0 Å². The van der Waals surface area contributed by atoms with Crippen LogP contribution in [0.3, 0.4) is 0 Å². The van der Waals surface area contributed by atoms with Gasteiger partial charge < -0.3 is 10.2 Å². The first-order valence-electron chi connectivity index (χ1n) is 7.37. The summed E-state index contributed by atoms with van der Waals surface area (Å²) in [6.07, 6.45) is 0. The fourth-order valence-corrected chi connectivity index (χ4v) is 2.18. The Morgan fingerprint density at radius 3 is 2.82 bits per heavy atom. The van der Waals surface area contributed by atoms with Crippen molar-refractivity contribution in [1.82, 2.24) is 20.4 Å². The van der Waals surface area contributed by atoms with Crippen molar-refractivity contribution in [2.75, 3.05) is 19.6 Å². The lowest BCUT2D eigenvalue weighted by molar-refractivity contribution is 0.0737. The van der Waals surface area contributed by atoms with Crippen LogP contribution in [0.1, 0.15) is 28.7 Å². The van der Waals surface area contributed by atoms with Crippen LogP contribution >= 0.6 is 0 Å². The number of nitrogens with zero attached hydrogens (tertiary/aromatic N) is 2. The van der Waals surface area contributed by atoms with Gasteiger partial charge in [-0.05, 0) is 25.6 Å².